The molecule has 1 aromatic carbocycles. The number of H-pyrrole nitrogens is 1. The number of imidazole rings is 1. The zero-order valence-electron chi connectivity index (χ0n) is 13.9. The van der Waals surface area contributed by atoms with E-state index in [2.05, 4.69) is 21.0 Å². The second kappa shape index (κ2) is 8.09. The van der Waals surface area contributed by atoms with Crippen molar-refractivity contribution >= 4 is 11.8 Å². The standard InChI is InChI=1S/C15H11N5O.C2HF3O2/c16-6-12-11(14-7-18-8-19-14)5-13(20-15(12)17)9-1-3-10(21)4-2-9;3-2(4,5)1(6)7/h1-5,7-8,21H,(H2,17,20)(H,18,19);(H,6,7). The molecule has 11 heteroatoms. The molecule has 0 amide bonds. The third kappa shape index (κ3) is 4.76. The Labute approximate surface area is 155 Å². The number of rotatable bonds is 2. The summed E-state index contributed by atoms with van der Waals surface area (Å²) in [6.45, 7) is 0. The predicted octanol–water partition coefficient (Wildman–Crippen LogP) is 2.93. The second-order valence-electron chi connectivity index (χ2n) is 5.24. The van der Waals surface area contributed by atoms with Gasteiger partial charge in [-0.1, -0.05) is 0 Å². The SMILES string of the molecule is N#Cc1c(-c2cnc[nH]2)cc(-c2ccc(O)cc2)nc1N.O=C(O)C(F)(F)F. The topological polar surface area (TPSA) is 149 Å². The molecule has 0 atom stereocenters. The van der Waals surface area contributed by atoms with Gasteiger partial charge < -0.3 is 20.9 Å². The molecular formula is C17H12F3N5O3. The van der Waals surface area contributed by atoms with Crippen LogP contribution in [0.5, 0.6) is 5.75 Å². The van der Waals surface area contributed by atoms with Crippen LogP contribution >= 0.6 is 0 Å². The van der Waals surface area contributed by atoms with Gasteiger partial charge in [0.2, 0.25) is 0 Å². The summed E-state index contributed by atoms with van der Waals surface area (Å²) in [5.41, 5.74) is 8.95. The van der Waals surface area contributed by atoms with Gasteiger partial charge in [0.05, 0.1) is 23.9 Å². The van der Waals surface area contributed by atoms with Gasteiger partial charge in [0.15, 0.2) is 0 Å². The van der Waals surface area contributed by atoms with Crippen LogP contribution in [-0.2, 0) is 4.79 Å². The number of carbonyl (C=O) groups is 1. The molecule has 28 heavy (non-hydrogen) atoms. The van der Waals surface area contributed by atoms with E-state index in [9.17, 15) is 23.5 Å². The monoisotopic (exact) mass is 391 g/mol. The molecule has 0 saturated carbocycles. The normalized spacial score (nSPS) is 10.5. The van der Waals surface area contributed by atoms with E-state index in [1.807, 2.05) is 0 Å². The number of hydrogen-bond acceptors (Lipinski definition) is 6. The van der Waals surface area contributed by atoms with Gasteiger partial charge in [-0.15, -0.1) is 0 Å². The fraction of sp³-hybridized carbons (Fsp3) is 0.0588. The molecule has 0 spiro atoms. The number of pyridine rings is 1. The molecule has 8 nitrogen and oxygen atoms in total. The van der Waals surface area contributed by atoms with Crippen molar-refractivity contribution < 1.29 is 28.2 Å². The Morgan fingerprint density at radius 2 is 1.86 bits per heavy atom. The summed E-state index contributed by atoms with van der Waals surface area (Å²) in [5.74, 6) is -2.42. The van der Waals surface area contributed by atoms with Crippen molar-refractivity contribution in [2.45, 2.75) is 6.18 Å². The van der Waals surface area contributed by atoms with E-state index in [0.29, 0.717) is 22.5 Å². The van der Waals surface area contributed by atoms with Gasteiger partial charge in [-0.3, -0.25) is 0 Å². The molecule has 3 rings (SSSR count). The first-order chi connectivity index (χ1) is 13.1. The van der Waals surface area contributed by atoms with Gasteiger partial charge in [0, 0.05) is 11.1 Å². The lowest BCUT2D eigenvalue weighted by atomic mass is 10.0. The predicted molar refractivity (Wildman–Crippen MR) is 91.7 cm³/mol. The summed E-state index contributed by atoms with van der Waals surface area (Å²) in [5, 5.41) is 25.7. The van der Waals surface area contributed by atoms with E-state index in [0.717, 1.165) is 5.56 Å². The van der Waals surface area contributed by atoms with Crippen molar-refractivity contribution in [1.82, 2.24) is 15.0 Å². The molecule has 0 aliphatic rings. The Bertz CT molecular complexity index is 1010. The van der Waals surface area contributed by atoms with E-state index < -0.39 is 12.1 Å². The Hall–Kier alpha value is -4.07. The highest BCUT2D eigenvalue weighted by Crippen LogP contribution is 2.30. The lowest BCUT2D eigenvalue weighted by molar-refractivity contribution is -0.192. The molecule has 0 radical (unpaired) electrons. The molecule has 2 aromatic heterocycles. The van der Waals surface area contributed by atoms with Crippen LogP contribution in [0.15, 0.2) is 42.9 Å². The van der Waals surface area contributed by atoms with Gasteiger partial charge in [0.25, 0.3) is 0 Å². The number of aliphatic carboxylic acids is 1. The molecule has 0 aliphatic heterocycles. The van der Waals surface area contributed by atoms with Crippen molar-refractivity contribution in [2.75, 3.05) is 5.73 Å². The summed E-state index contributed by atoms with van der Waals surface area (Å²) < 4.78 is 31.7. The van der Waals surface area contributed by atoms with Gasteiger partial charge in [0.1, 0.15) is 23.2 Å². The molecule has 0 bridgehead atoms. The number of nitrogens with two attached hydrogens (primary N) is 1. The van der Waals surface area contributed by atoms with Crippen LogP contribution < -0.4 is 5.73 Å². The fourth-order valence-electron chi connectivity index (χ4n) is 2.08. The van der Waals surface area contributed by atoms with Crippen LogP contribution in [0.1, 0.15) is 5.56 Å². The zero-order chi connectivity index (χ0) is 20.9. The highest BCUT2D eigenvalue weighted by Gasteiger charge is 2.38. The van der Waals surface area contributed by atoms with Crippen molar-refractivity contribution in [2.24, 2.45) is 0 Å². The fourth-order valence-corrected chi connectivity index (χ4v) is 2.08. The first-order valence-electron chi connectivity index (χ1n) is 7.42. The molecule has 0 fully saturated rings. The van der Waals surface area contributed by atoms with Gasteiger partial charge in [-0.25, -0.2) is 14.8 Å². The van der Waals surface area contributed by atoms with Crippen molar-refractivity contribution in [3.8, 4) is 34.3 Å². The minimum Gasteiger partial charge on any atom is -0.508 e. The maximum atomic E-state index is 10.6. The Morgan fingerprint density at radius 1 is 1.25 bits per heavy atom. The van der Waals surface area contributed by atoms with E-state index in [4.69, 9.17) is 15.6 Å². The zero-order valence-corrected chi connectivity index (χ0v) is 13.9. The molecule has 2 heterocycles. The minimum atomic E-state index is -5.08. The summed E-state index contributed by atoms with van der Waals surface area (Å²) >= 11 is 0. The van der Waals surface area contributed by atoms with Gasteiger partial charge in [-0.05, 0) is 30.3 Å². The number of nitriles is 1. The Balaban J connectivity index is 0.000000345. The number of aromatic nitrogens is 3. The van der Waals surface area contributed by atoms with Gasteiger partial charge in [-0.2, -0.15) is 18.4 Å². The highest BCUT2D eigenvalue weighted by atomic mass is 19.4. The maximum Gasteiger partial charge on any atom is 0.490 e. The summed E-state index contributed by atoms with van der Waals surface area (Å²) in [6, 6.07) is 10.5. The van der Waals surface area contributed by atoms with Crippen LogP contribution in [0.25, 0.3) is 22.5 Å². The number of anilines is 1. The van der Waals surface area contributed by atoms with E-state index in [-0.39, 0.29) is 11.6 Å². The quantitative estimate of drug-likeness (QED) is 0.525. The molecule has 3 aromatic rings. The van der Waals surface area contributed by atoms with E-state index in [1.165, 1.54) is 6.33 Å². The Kier molecular flexibility index (Phi) is 5.85. The van der Waals surface area contributed by atoms with Crippen molar-refractivity contribution in [3.63, 3.8) is 0 Å². The van der Waals surface area contributed by atoms with Crippen LogP contribution in [0.2, 0.25) is 0 Å². The number of benzene rings is 1. The van der Waals surface area contributed by atoms with Crippen LogP contribution in [0, 0.1) is 11.3 Å². The number of nitrogen functional groups attached to an aromatic ring is 1. The van der Waals surface area contributed by atoms with E-state index >= 15 is 0 Å². The summed E-state index contributed by atoms with van der Waals surface area (Å²) in [7, 11) is 0. The van der Waals surface area contributed by atoms with Crippen LogP contribution in [-0.4, -0.2) is 37.3 Å². The third-order valence-electron chi connectivity index (χ3n) is 3.35. The smallest absolute Gasteiger partial charge is 0.490 e. The number of carboxylic acid groups (broad SMARTS) is 1. The average Bonchev–Trinajstić information content (AvgIpc) is 3.16. The number of phenolic OH excluding ortho intramolecular Hbond substituents is 1. The number of nitrogens with one attached hydrogen (secondary N) is 1. The van der Waals surface area contributed by atoms with Crippen molar-refractivity contribution in [1.29, 1.82) is 5.26 Å². The van der Waals surface area contributed by atoms with E-state index in [1.54, 1.807) is 36.5 Å². The minimum absolute atomic E-state index is 0.160. The number of carboxylic acids is 1. The average molecular weight is 391 g/mol. The largest absolute Gasteiger partial charge is 0.508 e. The number of alkyl halides is 3. The number of halogens is 3. The van der Waals surface area contributed by atoms with Crippen LogP contribution in [0.3, 0.4) is 0 Å². The number of hydrogen-bond donors (Lipinski definition) is 4. The second-order valence-corrected chi connectivity index (χ2v) is 5.24. The summed E-state index contributed by atoms with van der Waals surface area (Å²) in [4.78, 5) is 20.1. The molecule has 0 unspecified atom stereocenters. The van der Waals surface area contributed by atoms with Crippen molar-refractivity contribution in [3.05, 3.63) is 48.4 Å². The lowest BCUT2D eigenvalue weighted by Crippen LogP contribution is -2.21. The molecule has 0 aliphatic carbocycles. The maximum absolute atomic E-state index is 10.6. The number of aromatic hydroxyl groups is 1. The number of phenols is 1. The molecular weight excluding hydrogens is 379 g/mol. The molecule has 144 valence electrons. The Morgan fingerprint density at radius 3 is 2.32 bits per heavy atom. The molecule has 5 N–H and O–H groups in total. The molecule has 0 saturated heterocycles. The first-order valence-corrected chi connectivity index (χ1v) is 7.42. The number of aromatic amines is 1. The highest BCUT2D eigenvalue weighted by molar-refractivity contribution is 5.78. The lowest BCUT2D eigenvalue weighted by Gasteiger charge is -2.08. The third-order valence-corrected chi connectivity index (χ3v) is 3.35. The van der Waals surface area contributed by atoms with Crippen LogP contribution in [0.4, 0.5) is 19.0 Å². The summed E-state index contributed by atoms with van der Waals surface area (Å²) in [6.07, 6.45) is -1.93. The first kappa shape index (κ1) is 20.2. The number of nitrogens with zero attached hydrogens (tertiary/aromatic N) is 3. The van der Waals surface area contributed by atoms with Gasteiger partial charge >= 0.3 is 12.1 Å².